The van der Waals surface area contributed by atoms with Crippen molar-refractivity contribution < 1.29 is 37.7 Å². The summed E-state index contributed by atoms with van der Waals surface area (Å²) in [7, 11) is 4.86. The number of ether oxygens (including phenoxy) is 4. The molecule has 1 aliphatic carbocycles. The first kappa shape index (κ1) is 43.7. The molecule has 1 aliphatic heterocycles. The number of benzene rings is 3. The number of nitrogens with one attached hydrogen (secondary N) is 1. The minimum absolute atomic E-state index is 0.0928. The summed E-state index contributed by atoms with van der Waals surface area (Å²) < 4.78 is 38.3. The van der Waals surface area contributed by atoms with Crippen molar-refractivity contribution in [2.75, 3.05) is 63.8 Å². The van der Waals surface area contributed by atoms with E-state index in [1.807, 2.05) is 76.9 Å². The molecule has 0 saturated heterocycles. The number of esters is 2. The Bertz CT molecular complexity index is 1860. The molecule has 1 amide bonds. The predicted molar refractivity (Wildman–Crippen MR) is 221 cm³/mol. The summed E-state index contributed by atoms with van der Waals surface area (Å²) in [4.78, 5) is 44.2. The third-order valence-corrected chi connectivity index (χ3v) is 10.7. The number of hydrogen-bond donors (Lipinski definition) is 1. The van der Waals surface area contributed by atoms with Gasteiger partial charge in [-0.15, -0.1) is 0 Å². The molecule has 57 heavy (non-hydrogen) atoms. The molecule has 2 aliphatic rings. The summed E-state index contributed by atoms with van der Waals surface area (Å²) in [5, 5.41) is 3.71. The van der Waals surface area contributed by atoms with E-state index in [0.717, 1.165) is 42.4 Å². The lowest BCUT2D eigenvalue weighted by atomic mass is 9.85. The zero-order chi connectivity index (χ0) is 41.4. The van der Waals surface area contributed by atoms with E-state index in [4.69, 9.17) is 30.5 Å². The second-order valence-electron chi connectivity index (χ2n) is 16.3. The normalized spacial score (nSPS) is 18.4. The second kappa shape index (κ2) is 19.4. The molecule has 1 heterocycles. The number of rotatable bonds is 16. The van der Waals surface area contributed by atoms with E-state index in [9.17, 15) is 14.4 Å². The number of amides is 1. The van der Waals surface area contributed by atoms with Crippen LogP contribution in [0.15, 0.2) is 54.6 Å². The molecule has 310 valence electrons. The first-order valence-electron chi connectivity index (χ1n) is 19.8. The van der Waals surface area contributed by atoms with Crippen LogP contribution in [-0.2, 0) is 30.3 Å². The van der Waals surface area contributed by atoms with Crippen molar-refractivity contribution in [2.24, 2.45) is 5.92 Å². The van der Waals surface area contributed by atoms with Gasteiger partial charge < -0.3 is 34.1 Å². The lowest BCUT2D eigenvalue weighted by Crippen LogP contribution is -2.46. The summed E-state index contributed by atoms with van der Waals surface area (Å²) in [5.41, 5.74) is 2.87. The van der Waals surface area contributed by atoms with E-state index < -0.39 is 17.5 Å². The molecule has 13 heteroatoms. The second-order valence-corrected chi connectivity index (χ2v) is 16.7. The average Bonchev–Trinajstić information content (AvgIpc) is 3.15. The SMILES string of the molecule is COC(=O)CN(CCNCC(=O)OC(C)(C)C)C1CCC(CN(C)c2ccc(N3C(=O)Cc4cc(OC)c(OC(C)C)cc4[C@@H]3c3ccc(Cl)cc3)cc2F)CC1. The van der Waals surface area contributed by atoms with Crippen LogP contribution < -0.4 is 24.6 Å². The van der Waals surface area contributed by atoms with Crippen LogP contribution in [0.25, 0.3) is 0 Å². The fraction of sp³-hybridized carbons (Fsp3) is 0.523. The van der Waals surface area contributed by atoms with Gasteiger partial charge in [0.25, 0.3) is 0 Å². The van der Waals surface area contributed by atoms with Crippen LogP contribution in [0.5, 0.6) is 11.5 Å². The standard InChI is InChI=1S/C44H58ClFN4O7/c1-28(2)56-39-24-35-31(21-38(39)54-7)22-40(51)50(43(35)30-11-13-32(45)14-12-30)34-17-18-37(36(46)23-34)48(6)26-29-9-15-33(16-10-29)49(27-42(53)55-8)20-19-47-25-41(52)57-44(3,4)5/h11-14,17-18,21,23-24,28-29,33,43,47H,9-10,15-16,19-20,22,25-27H2,1-8H3/t29?,33?,43-/m0/s1. The molecule has 3 aromatic carbocycles. The topological polar surface area (TPSA) is 110 Å². The lowest BCUT2D eigenvalue weighted by molar-refractivity contribution is -0.153. The molecule has 3 aromatic rings. The van der Waals surface area contributed by atoms with Crippen LogP contribution >= 0.6 is 11.6 Å². The zero-order valence-corrected chi connectivity index (χ0v) is 35.3. The molecule has 1 N–H and O–H groups in total. The van der Waals surface area contributed by atoms with Gasteiger partial charge in [-0.1, -0.05) is 23.7 Å². The summed E-state index contributed by atoms with van der Waals surface area (Å²) >= 11 is 6.28. The van der Waals surface area contributed by atoms with Gasteiger partial charge in [0.2, 0.25) is 5.91 Å². The summed E-state index contributed by atoms with van der Waals surface area (Å²) in [6.45, 7) is 11.4. The Balaban J connectivity index is 1.27. The van der Waals surface area contributed by atoms with Crippen molar-refractivity contribution in [1.82, 2.24) is 10.2 Å². The minimum Gasteiger partial charge on any atom is -0.493 e. The Morgan fingerprint density at radius 3 is 2.30 bits per heavy atom. The fourth-order valence-corrected chi connectivity index (χ4v) is 8.00. The third kappa shape index (κ3) is 11.6. The Labute approximate surface area is 341 Å². The van der Waals surface area contributed by atoms with Gasteiger partial charge in [-0.25, -0.2) is 4.39 Å². The van der Waals surface area contributed by atoms with Gasteiger partial charge in [0, 0.05) is 43.4 Å². The number of nitrogens with zero attached hydrogens (tertiary/aromatic N) is 3. The fourth-order valence-electron chi connectivity index (χ4n) is 7.87. The van der Waals surface area contributed by atoms with E-state index in [1.54, 1.807) is 30.2 Å². The third-order valence-electron chi connectivity index (χ3n) is 10.4. The van der Waals surface area contributed by atoms with Gasteiger partial charge in [-0.05, 0) is 125 Å². The number of carbonyl (C=O) groups excluding carboxylic acids is 3. The molecule has 0 radical (unpaired) electrons. The monoisotopic (exact) mass is 808 g/mol. The van der Waals surface area contributed by atoms with E-state index in [1.165, 1.54) is 13.2 Å². The van der Waals surface area contributed by atoms with Crippen molar-refractivity contribution in [2.45, 2.75) is 90.5 Å². The molecular formula is C44H58ClFN4O7. The van der Waals surface area contributed by atoms with Crippen molar-refractivity contribution in [1.29, 1.82) is 0 Å². The molecule has 0 bridgehead atoms. The molecule has 0 spiro atoms. The predicted octanol–water partition coefficient (Wildman–Crippen LogP) is 7.35. The van der Waals surface area contributed by atoms with E-state index in [0.29, 0.717) is 53.4 Å². The van der Waals surface area contributed by atoms with Gasteiger partial charge in [0.05, 0.1) is 51.6 Å². The van der Waals surface area contributed by atoms with Crippen LogP contribution in [0.1, 0.15) is 83.0 Å². The smallest absolute Gasteiger partial charge is 0.320 e. The molecule has 0 unspecified atom stereocenters. The molecule has 0 aromatic heterocycles. The highest BCUT2D eigenvalue weighted by atomic mass is 35.5. The Hall–Kier alpha value is -4.39. The van der Waals surface area contributed by atoms with Crippen LogP contribution in [0.4, 0.5) is 15.8 Å². The van der Waals surface area contributed by atoms with Gasteiger partial charge in [-0.2, -0.15) is 0 Å². The molecular weight excluding hydrogens is 751 g/mol. The van der Waals surface area contributed by atoms with E-state index in [2.05, 4.69) is 10.2 Å². The zero-order valence-electron chi connectivity index (χ0n) is 34.5. The molecule has 1 fully saturated rings. The summed E-state index contributed by atoms with van der Waals surface area (Å²) in [6.07, 6.45) is 3.59. The van der Waals surface area contributed by atoms with E-state index in [-0.39, 0.29) is 49.5 Å². The van der Waals surface area contributed by atoms with Gasteiger partial charge >= 0.3 is 11.9 Å². The Morgan fingerprint density at radius 1 is 0.982 bits per heavy atom. The van der Waals surface area contributed by atoms with Gasteiger partial charge in [-0.3, -0.25) is 19.3 Å². The highest BCUT2D eigenvalue weighted by molar-refractivity contribution is 6.30. The first-order valence-corrected chi connectivity index (χ1v) is 20.1. The number of carbonyl (C=O) groups is 3. The van der Waals surface area contributed by atoms with Crippen molar-refractivity contribution in [3.8, 4) is 11.5 Å². The van der Waals surface area contributed by atoms with Crippen LogP contribution in [0, 0.1) is 11.7 Å². The Morgan fingerprint density at radius 2 is 1.68 bits per heavy atom. The summed E-state index contributed by atoms with van der Waals surface area (Å²) in [5.74, 6) is 0.234. The van der Waals surface area contributed by atoms with Gasteiger partial charge in [0.1, 0.15) is 11.4 Å². The highest BCUT2D eigenvalue weighted by Gasteiger charge is 2.37. The minimum atomic E-state index is -0.559. The number of methoxy groups -OCH3 is 2. The maximum atomic E-state index is 16.2. The molecule has 5 rings (SSSR count). The number of halogens is 2. The van der Waals surface area contributed by atoms with Crippen LogP contribution in [0.3, 0.4) is 0 Å². The van der Waals surface area contributed by atoms with Crippen molar-refractivity contribution in [3.05, 3.63) is 82.1 Å². The molecule has 1 saturated carbocycles. The molecule has 1 atom stereocenters. The van der Waals surface area contributed by atoms with Crippen molar-refractivity contribution >= 4 is 40.8 Å². The van der Waals surface area contributed by atoms with E-state index >= 15 is 4.39 Å². The maximum Gasteiger partial charge on any atom is 0.320 e. The molecule has 11 nitrogen and oxygen atoms in total. The highest BCUT2D eigenvalue weighted by Crippen LogP contribution is 2.44. The number of anilines is 2. The first-order chi connectivity index (χ1) is 27.1. The largest absolute Gasteiger partial charge is 0.493 e. The average molecular weight is 809 g/mol. The van der Waals surface area contributed by atoms with Crippen LogP contribution in [0.2, 0.25) is 5.02 Å². The quantitative estimate of drug-likeness (QED) is 0.117. The lowest BCUT2D eigenvalue weighted by Gasteiger charge is -2.39. The number of fused-ring (bicyclic) bond motifs is 1. The van der Waals surface area contributed by atoms with Gasteiger partial charge in [0.15, 0.2) is 11.5 Å². The summed E-state index contributed by atoms with van der Waals surface area (Å²) in [6, 6.07) is 15.8. The maximum absolute atomic E-state index is 16.2. The number of hydrogen-bond acceptors (Lipinski definition) is 10. The Kier molecular flexibility index (Phi) is 14.9. The van der Waals surface area contributed by atoms with Crippen LogP contribution in [-0.4, -0.2) is 94.5 Å². The van der Waals surface area contributed by atoms with Crippen molar-refractivity contribution in [3.63, 3.8) is 0 Å².